The van der Waals surface area contributed by atoms with E-state index in [1.165, 1.54) is 11.8 Å². The van der Waals surface area contributed by atoms with Gasteiger partial charge in [-0.05, 0) is 35.9 Å². The standard InChI is InChI=1S/C22H18ClN3O2S/c1-25-12-11-18-20(25)24-22(26(2)21(18)28)29-13-14-3-5-15(6-4-14)19(27)16-7-9-17(23)10-8-16/h3-12H,13H2,1-2H3. The number of carbonyl (C=O) groups is 1. The van der Waals surface area contributed by atoms with Gasteiger partial charge in [-0.3, -0.25) is 14.2 Å². The molecule has 2 aromatic heterocycles. The second kappa shape index (κ2) is 7.89. The average molecular weight is 424 g/mol. The van der Waals surface area contributed by atoms with Gasteiger partial charge in [-0.25, -0.2) is 4.98 Å². The Hall–Kier alpha value is -2.83. The lowest BCUT2D eigenvalue weighted by atomic mass is 10.0. The monoisotopic (exact) mass is 423 g/mol. The third kappa shape index (κ3) is 3.86. The first kappa shape index (κ1) is 19.5. The number of aromatic nitrogens is 3. The predicted octanol–water partition coefficient (Wildman–Crippen LogP) is 4.45. The van der Waals surface area contributed by atoms with Gasteiger partial charge in [-0.2, -0.15) is 0 Å². The first-order valence-corrected chi connectivity index (χ1v) is 10.3. The number of rotatable bonds is 5. The summed E-state index contributed by atoms with van der Waals surface area (Å²) in [6.45, 7) is 0. The highest BCUT2D eigenvalue weighted by Crippen LogP contribution is 2.22. The molecule has 0 N–H and O–H groups in total. The van der Waals surface area contributed by atoms with Crippen molar-refractivity contribution in [3.05, 3.63) is 92.9 Å². The highest BCUT2D eigenvalue weighted by Gasteiger charge is 2.12. The maximum Gasteiger partial charge on any atom is 0.263 e. The minimum atomic E-state index is -0.0537. The Morgan fingerprint density at radius 3 is 2.28 bits per heavy atom. The molecule has 0 saturated carbocycles. The Labute approximate surface area is 177 Å². The molecule has 0 aliphatic rings. The molecule has 0 spiro atoms. The Kier molecular flexibility index (Phi) is 5.30. The molecule has 0 aliphatic carbocycles. The second-order valence-electron chi connectivity index (χ2n) is 6.74. The van der Waals surface area contributed by atoms with Crippen LogP contribution in [0.1, 0.15) is 21.5 Å². The number of hydrogen-bond acceptors (Lipinski definition) is 4. The molecule has 146 valence electrons. The van der Waals surface area contributed by atoms with E-state index in [2.05, 4.69) is 4.98 Å². The van der Waals surface area contributed by atoms with E-state index >= 15 is 0 Å². The van der Waals surface area contributed by atoms with Crippen LogP contribution in [-0.4, -0.2) is 19.9 Å². The molecule has 5 nitrogen and oxygen atoms in total. The summed E-state index contributed by atoms with van der Waals surface area (Å²) >= 11 is 7.37. The Morgan fingerprint density at radius 2 is 1.62 bits per heavy atom. The average Bonchev–Trinajstić information content (AvgIpc) is 3.11. The minimum absolute atomic E-state index is 0.0425. The fourth-order valence-electron chi connectivity index (χ4n) is 3.06. The van der Waals surface area contributed by atoms with E-state index in [4.69, 9.17) is 11.6 Å². The van der Waals surface area contributed by atoms with Gasteiger partial charge in [0.2, 0.25) is 0 Å². The van der Waals surface area contributed by atoms with E-state index in [0.29, 0.717) is 38.1 Å². The molecule has 2 heterocycles. The molecule has 4 aromatic rings. The van der Waals surface area contributed by atoms with Gasteiger partial charge in [-0.15, -0.1) is 0 Å². The normalized spacial score (nSPS) is 11.1. The molecule has 0 saturated heterocycles. The van der Waals surface area contributed by atoms with Gasteiger partial charge >= 0.3 is 0 Å². The van der Waals surface area contributed by atoms with Crippen molar-refractivity contribution in [2.75, 3.05) is 0 Å². The summed E-state index contributed by atoms with van der Waals surface area (Å²) in [6.07, 6.45) is 1.84. The van der Waals surface area contributed by atoms with Crippen LogP contribution in [0, 0.1) is 0 Å². The highest BCUT2D eigenvalue weighted by atomic mass is 35.5. The molecule has 0 fully saturated rings. The van der Waals surface area contributed by atoms with Gasteiger partial charge in [0.05, 0.1) is 5.39 Å². The number of hydrogen-bond donors (Lipinski definition) is 0. The van der Waals surface area contributed by atoms with Crippen molar-refractivity contribution in [1.82, 2.24) is 14.1 Å². The van der Waals surface area contributed by atoms with Crippen LogP contribution in [-0.2, 0) is 19.8 Å². The number of ketones is 1. The van der Waals surface area contributed by atoms with E-state index in [9.17, 15) is 9.59 Å². The number of carbonyl (C=O) groups excluding carboxylic acids is 1. The molecule has 0 atom stereocenters. The Morgan fingerprint density at radius 1 is 1.00 bits per heavy atom. The molecule has 0 amide bonds. The van der Waals surface area contributed by atoms with Crippen molar-refractivity contribution in [2.45, 2.75) is 10.9 Å². The Bertz CT molecular complexity index is 1260. The molecule has 4 rings (SSSR count). The van der Waals surface area contributed by atoms with Crippen molar-refractivity contribution < 1.29 is 4.79 Å². The van der Waals surface area contributed by atoms with Crippen LogP contribution in [0.2, 0.25) is 5.02 Å². The van der Waals surface area contributed by atoms with Crippen molar-refractivity contribution in [3.63, 3.8) is 0 Å². The lowest BCUT2D eigenvalue weighted by Gasteiger charge is -2.08. The summed E-state index contributed by atoms with van der Waals surface area (Å²) in [5.74, 6) is 0.602. The van der Waals surface area contributed by atoms with Crippen molar-refractivity contribution in [3.8, 4) is 0 Å². The molecule has 0 aliphatic heterocycles. The molecular formula is C22H18ClN3O2S. The summed E-state index contributed by atoms with van der Waals surface area (Å²) in [4.78, 5) is 29.7. The summed E-state index contributed by atoms with van der Waals surface area (Å²) < 4.78 is 3.42. The smallest absolute Gasteiger partial charge is 0.263 e. The van der Waals surface area contributed by atoms with Gasteiger partial charge in [0.25, 0.3) is 5.56 Å². The molecule has 7 heteroatoms. The fourth-order valence-corrected chi connectivity index (χ4v) is 4.10. The number of thioether (sulfide) groups is 1. The van der Waals surface area contributed by atoms with Gasteiger partial charge in [-0.1, -0.05) is 47.6 Å². The maximum absolute atomic E-state index is 12.6. The van der Waals surface area contributed by atoms with Crippen LogP contribution >= 0.6 is 23.4 Å². The van der Waals surface area contributed by atoms with E-state index in [-0.39, 0.29) is 11.3 Å². The molecule has 0 radical (unpaired) electrons. The van der Waals surface area contributed by atoms with Crippen molar-refractivity contribution in [1.29, 1.82) is 0 Å². The van der Waals surface area contributed by atoms with Gasteiger partial charge in [0, 0.05) is 42.2 Å². The molecule has 2 aromatic carbocycles. The van der Waals surface area contributed by atoms with E-state index in [0.717, 1.165) is 5.56 Å². The van der Waals surface area contributed by atoms with Crippen LogP contribution in [0.3, 0.4) is 0 Å². The first-order chi connectivity index (χ1) is 13.9. The number of benzene rings is 2. The summed E-state index contributed by atoms with van der Waals surface area (Å²) in [5.41, 5.74) is 2.90. The van der Waals surface area contributed by atoms with Gasteiger partial charge < -0.3 is 4.57 Å². The van der Waals surface area contributed by atoms with Crippen molar-refractivity contribution in [2.24, 2.45) is 14.1 Å². The first-order valence-electron chi connectivity index (χ1n) is 8.98. The second-order valence-corrected chi connectivity index (χ2v) is 8.12. The van der Waals surface area contributed by atoms with Crippen LogP contribution in [0.5, 0.6) is 0 Å². The fraction of sp³-hybridized carbons (Fsp3) is 0.136. The molecule has 0 bridgehead atoms. The van der Waals surface area contributed by atoms with Crippen LogP contribution in [0.4, 0.5) is 0 Å². The van der Waals surface area contributed by atoms with E-state index in [1.807, 2.05) is 42.1 Å². The van der Waals surface area contributed by atoms with Crippen LogP contribution in [0.15, 0.2) is 70.7 Å². The van der Waals surface area contributed by atoms with Crippen LogP contribution in [0.25, 0.3) is 11.0 Å². The summed E-state index contributed by atoms with van der Waals surface area (Å²) in [7, 11) is 3.61. The quantitative estimate of drug-likeness (QED) is 0.270. The zero-order chi connectivity index (χ0) is 20.5. The lowest BCUT2D eigenvalue weighted by molar-refractivity contribution is 0.103. The predicted molar refractivity (Wildman–Crippen MR) is 117 cm³/mol. The largest absolute Gasteiger partial charge is 0.335 e. The zero-order valence-corrected chi connectivity index (χ0v) is 17.5. The third-order valence-corrected chi connectivity index (χ3v) is 6.11. The summed E-state index contributed by atoms with van der Waals surface area (Å²) in [6, 6.07) is 16.1. The summed E-state index contributed by atoms with van der Waals surface area (Å²) in [5, 5.41) is 1.88. The van der Waals surface area contributed by atoms with E-state index in [1.54, 1.807) is 41.9 Å². The number of aryl methyl sites for hydroxylation is 1. The van der Waals surface area contributed by atoms with Crippen molar-refractivity contribution >= 4 is 40.2 Å². The highest BCUT2D eigenvalue weighted by molar-refractivity contribution is 7.98. The van der Waals surface area contributed by atoms with Gasteiger partial charge in [0.15, 0.2) is 10.9 Å². The third-order valence-electron chi connectivity index (χ3n) is 4.75. The lowest BCUT2D eigenvalue weighted by Crippen LogP contribution is -2.19. The number of fused-ring (bicyclic) bond motifs is 1. The Balaban J connectivity index is 1.51. The number of nitrogens with zero attached hydrogens (tertiary/aromatic N) is 3. The van der Waals surface area contributed by atoms with Crippen LogP contribution < -0.4 is 5.56 Å². The van der Waals surface area contributed by atoms with E-state index < -0.39 is 0 Å². The zero-order valence-electron chi connectivity index (χ0n) is 15.9. The topological polar surface area (TPSA) is 56.9 Å². The molecule has 0 unspecified atom stereocenters. The minimum Gasteiger partial charge on any atom is -0.335 e. The molecular weight excluding hydrogens is 406 g/mol. The maximum atomic E-state index is 12.6. The SMILES string of the molecule is Cn1c(SCc2ccc(C(=O)c3ccc(Cl)cc3)cc2)nc2c(ccn2C)c1=O. The molecule has 29 heavy (non-hydrogen) atoms. The van der Waals surface area contributed by atoms with Gasteiger partial charge in [0.1, 0.15) is 5.65 Å². The number of halogens is 1.